The lowest BCUT2D eigenvalue weighted by Crippen LogP contribution is -2.04. The van der Waals surface area contributed by atoms with E-state index in [-0.39, 0.29) is 0 Å². The summed E-state index contributed by atoms with van der Waals surface area (Å²) >= 11 is 0. The van der Waals surface area contributed by atoms with Gasteiger partial charge in [-0.2, -0.15) is 0 Å². The van der Waals surface area contributed by atoms with Crippen LogP contribution in [0.15, 0.2) is 24.3 Å². The number of hydrogen-bond acceptors (Lipinski definition) is 2. The lowest BCUT2D eigenvalue weighted by atomic mass is 9.98. The molecule has 0 aliphatic heterocycles. The van der Waals surface area contributed by atoms with Crippen LogP contribution in [0.4, 0.5) is 0 Å². The average Bonchev–Trinajstić information content (AvgIpc) is 2.28. The van der Waals surface area contributed by atoms with Crippen LogP contribution in [0.5, 0.6) is 5.75 Å². The number of para-hydroxylation sites is 1. The molecule has 0 radical (unpaired) electrons. The average molecular weight is 208 g/mol. The van der Waals surface area contributed by atoms with Crippen LogP contribution in [0, 0.1) is 5.92 Å². The van der Waals surface area contributed by atoms with Crippen molar-refractivity contribution in [3.8, 4) is 5.75 Å². The molecule has 1 aromatic carbocycles. The first-order valence-electron chi connectivity index (χ1n) is 5.47. The fraction of sp³-hybridized carbons (Fsp3) is 0.538. The summed E-state index contributed by atoms with van der Waals surface area (Å²) in [6.07, 6.45) is 2.26. The predicted octanol–water partition coefficient (Wildman–Crippen LogP) is 3.26. The summed E-state index contributed by atoms with van der Waals surface area (Å²) in [6.45, 7) is 4.79. The van der Waals surface area contributed by atoms with Gasteiger partial charge in [-0.15, -0.1) is 0 Å². The minimum atomic E-state index is 0.317. The minimum absolute atomic E-state index is 0.317. The van der Waals surface area contributed by atoms with Crippen LogP contribution in [-0.2, 0) is 11.2 Å². The molecular weight excluding hydrogens is 188 g/mol. The molecule has 0 amide bonds. The van der Waals surface area contributed by atoms with Crippen molar-refractivity contribution in [2.75, 3.05) is 13.9 Å². The molecule has 1 rings (SSSR count). The van der Waals surface area contributed by atoms with Crippen LogP contribution in [0.25, 0.3) is 0 Å². The minimum Gasteiger partial charge on any atom is -0.467 e. The number of ether oxygens (including phenoxy) is 2. The van der Waals surface area contributed by atoms with E-state index in [4.69, 9.17) is 9.47 Å². The topological polar surface area (TPSA) is 18.5 Å². The quantitative estimate of drug-likeness (QED) is 0.668. The third kappa shape index (κ3) is 3.92. The monoisotopic (exact) mass is 208 g/mol. The summed E-state index contributed by atoms with van der Waals surface area (Å²) in [5.41, 5.74) is 1.27. The fourth-order valence-electron chi connectivity index (χ4n) is 1.46. The van der Waals surface area contributed by atoms with E-state index in [9.17, 15) is 0 Å². The van der Waals surface area contributed by atoms with Crippen LogP contribution in [-0.4, -0.2) is 13.9 Å². The van der Waals surface area contributed by atoms with Gasteiger partial charge >= 0.3 is 0 Å². The molecule has 0 heterocycles. The maximum Gasteiger partial charge on any atom is 0.188 e. The molecule has 1 atom stereocenters. The van der Waals surface area contributed by atoms with E-state index in [0.717, 1.165) is 12.2 Å². The molecule has 0 saturated carbocycles. The molecule has 2 nitrogen and oxygen atoms in total. The molecule has 0 bridgehead atoms. The summed E-state index contributed by atoms with van der Waals surface area (Å²) in [6, 6.07) is 8.16. The van der Waals surface area contributed by atoms with Crippen LogP contribution < -0.4 is 4.74 Å². The van der Waals surface area contributed by atoms with Gasteiger partial charge in [0.2, 0.25) is 0 Å². The Morgan fingerprint density at radius 2 is 2.00 bits per heavy atom. The molecule has 0 spiro atoms. The van der Waals surface area contributed by atoms with Gasteiger partial charge in [-0.25, -0.2) is 0 Å². The molecule has 0 fully saturated rings. The van der Waals surface area contributed by atoms with Crippen molar-refractivity contribution in [1.29, 1.82) is 0 Å². The lowest BCUT2D eigenvalue weighted by molar-refractivity contribution is 0.0503. The Morgan fingerprint density at radius 3 is 2.67 bits per heavy atom. The fourth-order valence-corrected chi connectivity index (χ4v) is 1.46. The van der Waals surface area contributed by atoms with Gasteiger partial charge in [0.15, 0.2) is 6.79 Å². The number of methoxy groups -OCH3 is 1. The van der Waals surface area contributed by atoms with Crippen molar-refractivity contribution in [2.45, 2.75) is 26.7 Å². The van der Waals surface area contributed by atoms with Gasteiger partial charge in [-0.3, -0.25) is 0 Å². The normalized spacial score (nSPS) is 12.5. The largest absolute Gasteiger partial charge is 0.467 e. The summed E-state index contributed by atoms with van der Waals surface area (Å²) in [5.74, 6) is 1.64. The molecular formula is C13H20O2. The molecule has 15 heavy (non-hydrogen) atoms. The highest BCUT2D eigenvalue weighted by Crippen LogP contribution is 2.22. The first-order chi connectivity index (χ1) is 7.27. The zero-order valence-corrected chi connectivity index (χ0v) is 9.82. The van der Waals surface area contributed by atoms with Gasteiger partial charge in [0.25, 0.3) is 0 Å². The molecule has 0 aliphatic carbocycles. The maximum atomic E-state index is 5.51. The molecule has 84 valence electrons. The Hall–Kier alpha value is -1.02. The van der Waals surface area contributed by atoms with Crippen molar-refractivity contribution in [3.05, 3.63) is 29.8 Å². The molecule has 0 saturated heterocycles. The van der Waals surface area contributed by atoms with Crippen molar-refractivity contribution < 1.29 is 9.47 Å². The molecule has 0 N–H and O–H groups in total. The highest BCUT2D eigenvalue weighted by atomic mass is 16.7. The van der Waals surface area contributed by atoms with E-state index in [1.807, 2.05) is 12.1 Å². The highest BCUT2D eigenvalue weighted by molar-refractivity contribution is 5.33. The van der Waals surface area contributed by atoms with Crippen molar-refractivity contribution >= 4 is 0 Å². The van der Waals surface area contributed by atoms with E-state index >= 15 is 0 Å². The van der Waals surface area contributed by atoms with Crippen LogP contribution >= 0.6 is 0 Å². The second-order valence-corrected chi connectivity index (χ2v) is 3.88. The molecule has 0 unspecified atom stereocenters. The zero-order chi connectivity index (χ0) is 11.1. The first-order valence-corrected chi connectivity index (χ1v) is 5.47. The summed E-state index contributed by atoms with van der Waals surface area (Å²) in [4.78, 5) is 0. The summed E-state index contributed by atoms with van der Waals surface area (Å²) in [5, 5.41) is 0. The third-order valence-corrected chi connectivity index (χ3v) is 2.57. The van der Waals surface area contributed by atoms with Gasteiger partial charge in [-0.1, -0.05) is 38.5 Å². The standard InChI is InChI=1S/C13H20O2/c1-4-11(2)9-12-7-5-6-8-13(12)15-10-14-3/h5-8,11H,4,9-10H2,1-3H3/t11-/m0/s1. The maximum absolute atomic E-state index is 5.51. The zero-order valence-electron chi connectivity index (χ0n) is 9.82. The van der Waals surface area contributed by atoms with Gasteiger partial charge in [0.05, 0.1) is 0 Å². The van der Waals surface area contributed by atoms with E-state index in [1.165, 1.54) is 12.0 Å². The Balaban J connectivity index is 2.67. The second-order valence-electron chi connectivity index (χ2n) is 3.88. The third-order valence-electron chi connectivity index (χ3n) is 2.57. The van der Waals surface area contributed by atoms with Crippen LogP contribution in [0.2, 0.25) is 0 Å². The molecule has 0 aromatic heterocycles. The van der Waals surface area contributed by atoms with E-state index < -0.39 is 0 Å². The SMILES string of the molecule is CC[C@H](C)Cc1ccccc1OCOC. The molecule has 1 aromatic rings. The Bertz CT molecular complexity index is 284. The molecule has 0 aliphatic rings. The van der Waals surface area contributed by atoms with Crippen molar-refractivity contribution in [1.82, 2.24) is 0 Å². The lowest BCUT2D eigenvalue weighted by Gasteiger charge is -2.13. The number of hydrogen-bond donors (Lipinski definition) is 0. The van der Waals surface area contributed by atoms with E-state index in [0.29, 0.717) is 12.7 Å². The summed E-state index contributed by atoms with van der Waals surface area (Å²) in [7, 11) is 1.64. The van der Waals surface area contributed by atoms with Gasteiger partial charge in [0, 0.05) is 7.11 Å². The Morgan fingerprint density at radius 1 is 1.27 bits per heavy atom. The van der Waals surface area contributed by atoms with Crippen molar-refractivity contribution in [2.24, 2.45) is 5.92 Å². The molecule has 2 heteroatoms. The Labute approximate surface area is 92.2 Å². The van der Waals surface area contributed by atoms with E-state index in [2.05, 4.69) is 26.0 Å². The van der Waals surface area contributed by atoms with Gasteiger partial charge in [0.1, 0.15) is 5.75 Å². The van der Waals surface area contributed by atoms with E-state index in [1.54, 1.807) is 7.11 Å². The number of benzene rings is 1. The van der Waals surface area contributed by atoms with Gasteiger partial charge in [-0.05, 0) is 24.0 Å². The second kappa shape index (κ2) is 6.46. The smallest absolute Gasteiger partial charge is 0.188 e. The van der Waals surface area contributed by atoms with Crippen molar-refractivity contribution in [3.63, 3.8) is 0 Å². The predicted molar refractivity (Wildman–Crippen MR) is 62.1 cm³/mol. The van der Waals surface area contributed by atoms with Gasteiger partial charge < -0.3 is 9.47 Å². The Kier molecular flexibility index (Phi) is 5.19. The van der Waals surface area contributed by atoms with Crippen LogP contribution in [0.3, 0.4) is 0 Å². The number of rotatable bonds is 6. The van der Waals surface area contributed by atoms with Crippen LogP contribution in [0.1, 0.15) is 25.8 Å². The summed E-state index contributed by atoms with van der Waals surface area (Å²) < 4.78 is 10.4. The highest BCUT2D eigenvalue weighted by Gasteiger charge is 2.06. The first kappa shape index (κ1) is 12.1.